The van der Waals surface area contributed by atoms with Gasteiger partial charge in [-0.05, 0) is 49.8 Å². The second kappa shape index (κ2) is 7.77. The summed E-state index contributed by atoms with van der Waals surface area (Å²) < 4.78 is 5.28. The summed E-state index contributed by atoms with van der Waals surface area (Å²) in [6, 6.07) is 6.37. The highest BCUT2D eigenvalue weighted by Crippen LogP contribution is 2.27. The highest BCUT2D eigenvalue weighted by atomic mass is 32.1. The Morgan fingerprint density at radius 2 is 2.25 bits per heavy atom. The molecule has 0 saturated carbocycles. The Kier molecular flexibility index (Phi) is 5.48. The largest absolute Gasteiger partial charge is 0.375 e. The average molecular weight is 344 g/mol. The third-order valence-corrected chi connectivity index (χ3v) is 5.40. The molecule has 0 saturated heterocycles. The van der Waals surface area contributed by atoms with Crippen molar-refractivity contribution < 1.29 is 4.74 Å². The van der Waals surface area contributed by atoms with Crippen LogP contribution < -0.4 is 11.1 Å². The number of nitrogens with zero attached hydrogens (tertiary/aromatic N) is 2. The number of methoxy groups -OCH3 is 1. The number of fused-ring (bicyclic) bond motifs is 1. The lowest BCUT2D eigenvalue weighted by molar-refractivity contribution is 0.119. The number of benzene rings is 1. The molecule has 1 aliphatic rings. The van der Waals surface area contributed by atoms with Gasteiger partial charge in [0.2, 0.25) is 0 Å². The van der Waals surface area contributed by atoms with E-state index < -0.39 is 0 Å². The van der Waals surface area contributed by atoms with Crippen LogP contribution in [0.25, 0.3) is 0 Å². The Morgan fingerprint density at radius 1 is 1.42 bits per heavy atom. The highest BCUT2D eigenvalue weighted by molar-refractivity contribution is 7.09. The van der Waals surface area contributed by atoms with E-state index in [9.17, 15) is 0 Å². The van der Waals surface area contributed by atoms with Gasteiger partial charge in [-0.2, -0.15) is 0 Å². The first-order valence-electron chi connectivity index (χ1n) is 8.32. The summed E-state index contributed by atoms with van der Waals surface area (Å²) in [6.45, 7) is 2.46. The highest BCUT2D eigenvalue weighted by Gasteiger charge is 2.13. The van der Waals surface area contributed by atoms with Crippen LogP contribution in [-0.2, 0) is 24.1 Å². The first kappa shape index (κ1) is 16.9. The van der Waals surface area contributed by atoms with Crippen LogP contribution in [0.2, 0.25) is 0 Å². The molecular formula is C18H24N4OS. The minimum absolute atomic E-state index is 0.0130. The van der Waals surface area contributed by atoms with Gasteiger partial charge >= 0.3 is 0 Å². The smallest absolute Gasteiger partial charge is 0.193 e. The van der Waals surface area contributed by atoms with E-state index in [1.54, 1.807) is 18.4 Å². The van der Waals surface area contributed by atoms with E-state index in [2.05, 4.69) is 33.5 Å². The fourth-order valence-electron chi connectivity index (χ4n) is 2.92. The Labute approximate surface area is 147 Å². The van der Waals surface area contributed by atoms with Gasteiger partial charge in [-0.15, -0.1) is 11.3 Å². The first-order chi connectivity index (χ1) is 11.7. The van der Waals surface area contributed by atoms with Crippen molar-refractivity contribution in [1.29, 1.82) is 0 Å². The number of guanidine groups is 1. The predicted molar refractivity (Wildman–Crippen MR) is 99.6 cm³/mol. The normalized spacial score (nSPS) is 15.8. The molecule has 0 spiro atoms. The molecule has 3 N–H and O–H groups in total. The number of thiazole rings is 1. The SMILES string of the molecule is COC(C)c1nc(CN=C(N)Nc2cccc3c2CCCC3)cs1. The van der Waals surface area contributed by atoms with E-state index in [1.807, 2.05) is 12.3 Å². The lowest BCUT2D eigenvalue weighted by Crippen LogP contribution is -2.24. The maximum absolute atomic E-state index is 6.07. The number of aromatic nitrogens is 1. The molecule has 2 aromatic rings. The molecule has 24 heavy (non-hydrogen) atoms. The van der Waals surface area contributed by atoms with Crippen molar-refractivity contribution in [2.45, 2.75) is 45.3 Å². The Balaban J connectivity index is 1.66. The molecule has 0 aliphatic heterocycles. The molecule has 1 aliphatic carbocycles. The van der Waals surface area contributed by atoms with Gasteiger partial charge in [0.05, 0.1) is 12.2 Å². The number of aryl methyl sites for hydroxylation is 1. The maximum Gasteiger partial charge on any atom is 0.193 e. The van der Waals surface area contributed by atoms with E-state index in [0.29, 0.717) is 12.5 Å². The number of aliphatic imine (C=N–C) groups is 1. The molecule has 0 bridgehead atoms. The minimum atomic E-state index is 0.0130. The predicted octanol–water partition coefficient (Wildman–Crippen LogP) is 3.66. The summed E-state index contributed by atoms with van der Waals surface area (Å²) in [4.78, 5) is 8.96. The molecule has 6 heteroatoms. The number of anilines is 1. The molecule has 1 unspecified atom stereocenters. The average Bonchev–Trinajstić information content (AvgIpc) is 3.09. The summed E-state index contributed by atoms with van der Waals surface area (Å²) in [7, 11) is 1.69. The number of rotatable bonds is 5. The van der Waals surface area contributed by atoms with Gasteiger partial charge in [0.15, 0.2) is 5.96 Å². The van der Waals surface area contributed by atoms with Crippen LogP contribution in [0.5, 0.6) is 0 Å². The van der Waals surface area contributed by atoms with Crippen LogP contribution in [0.3, 0.4) is 0 Å². The Hall–Kier alpha value is -1.92. The van der Waals surface area contributed by atoms with Gasteiger partial charge in [0, 0.05) is 18.2 Å². The second-order valence-corrected chi connectivity index (χ2v) is 6.92. The fourth-order valence-corrected chi connectivity index (χ4v) is 3.77. The molecule has 0 radical (unpaired) electrons. The van der Waals surface area contributed by atoms with Crippen LogP contribution in [0.15, 0.2) is 28.6 Å². The summed E-state index contributed by atoms with van der Waals surface area (Å²) in [5.74, 6) is 0.434. The van der Waals surface area contributed by atoms with Crippen molar-refractivity contribution in [1.82, 2.24) is 4.98 Å². The number of hydrogen-bond donors (Lipinski definition) is 2. The van der Waals surface area contributed by atoms with E-state index in [0.717, 1.165) is 29.2 Å². The van der Waals surface area contributed by atoms with Crippen molar-refractivity contribution in [3.05, 3.63) is 45.4 Å². The Bertz CT molecular complexity index is 726. The van der Waals surface area contributed by atoms with Gasteiger partial charge in [0.1, 0.15) is 11.1 Å². The number of nitrogens with one attached hydrogen (secondary N) is 1. The van der Waals surface area contributed by atoms with Gasteiger partial charge in [-0.25, -0.2) is 9.98 Å². The monoisotopic (exact) mass is 344 g/mol. The quantitative estimate of drug-likeness (QED) is 0.641. The zero-order chi connectivity index (χ0) is 16.9. The molecule has 5 nitrogen and oxygen atoms in total. The second-order valence-electron chi connectivity index (χ2n) is 6.03. The topological polar surface area (TPSA) is 72.5 Å². The van der Waals surface area contributed by atoms with Crippen molar-refractivity contribution in [2.24, 2.45) is 10.7 Å². The number of hydrogen-bond acceptors (Lipinski definition) is 4. The van der Waals surface area contributed by atoms with Gasteiger partial charge in [0.25, 0.3) is 0 Å². The third kappa shape index (κ3) is 3.94. The van der Waals surface area contributed by atoms with Crippen LogP contribution in [-0.4, -0.2) is 18.1 Å². The number of nitrogens with two attached hydrogens (primary N) is 1. The zero-order valence-electron chi connectivity index (χ0n) is 14.2. The first-order valence-corrected chi connectivity index (χ1v) is 9.20. The van der Waals surface area contributed by atoms with E-state index in [4.69, 9.17) is 10.5 Å². The Morgan fingerprint density at radius 3 is 3.08 bits per heavy atom. The van der Waals surface area contributed by atoms with E-state index in [-0.39, 0.29) is 6.10 Å². The van der Waals surface area contributed by atoms with Crippen molar-refractivity contribution >= 4 is 23.0 Å². The van der Waals surface area contributed by atoms with Crippen molar-refractivity contribution in [3.8, 4) is 0 Å². The van der Waals surface area contributed by atoms with E-state index >= 15 is 0 Å². The molecule has 1 heterocycles. The molecule has 128 valence electrons. The van der Waals surface area contributed by atoms with Crippen LogP contribution in [0.4, 0.5) is 5.69 Å². The molecule has 3 rings (SSSR count). The van der Waals surface area contributed by atoms with E-state index in [1.165, 1.54) is 24.0 Å². The fraction of sp³-hybridized carbons (Fsp3) is 0.444. The van der Waals surface area contributed by atoms with Crippen molar-refractivity contribution in [2.75, 3.05) is 12.4 Å². The molecule has 1 atom stereocenters. The maximum atomic E-state index is 6.07. The van der Waals surface area contributed by atoms with Crippen LogP contribution in [0, 0.1) is 0 Å². The van der Waals surface area contributed by atoms with Crippen molar-refractivity contribution in [3.63, 3.8) is 0 Å². The van der Waals surface area contributed by atoms with Crippen LogP contribution in [0.1, 0.15) is 47.7 Å². The summed E-state index contributed by atoms with van der Waals surface area (Å²) in [5, 5.41) is 6.23. The van der Waals surface area contributed by atoms with Gasteiger partial charge in [-0.1, -0.05) is 12.1 Å². The lowest BCUT2D eigenvalue weighted by atomic mass is 9.90. The van der Waals surface area contributed by atoms with Gasteiger partial charge in [-0.3, -0.25) is 0 Å². The molecule has 1 aromatic carbocycles. The lowest BCUT2D eigenvalue weighted by Gasteiger charge is -2.19. The summed E-state index contributed by atoms with van der Waals surface area (Å²) in [5.41, 5.74) is 10.9. The zero-order valence-corrected chi connectivity index (χ0v) is 15.0. The van der Waals surface area contributed by atoms with Gasteiger partial charge < -0.3 is 15.8 Å². The number of ether oxygens (including phenoxy) is 1. The summed E-state index contributed by atoms with van der Waals surface area (Å²) in [6.07, 6.45) is 4.78. The molecule has 0 fully saturated rings. The summed E-state index contributed by atoms with van der Waals surface area (Å²) >= 11 is 1.59. The molecular weight excluding hydrogens is 320 g/mol. The van der Waals surface area contributed by atoms with Crippen LogP contribution >= 0.6 is 11.3 Å². The molecule has 1 aromatic heterocycles. The standard InChI is InChI=1S/C18H24N4OS/c1-12(23-2)17-21-14(11-24-17)10-20-18(19)22-16-9-5-7-13-6-3-4-8-15(13)16/h5,7,9,11-12H,3-4,6,8,10H2,1-2H3,(H3,19,20,22). The minimum Gasteiger partial charge on any atom is -0.375 e. The molecule has 0 amide bonds. The third-order valence-electron chi connectivity index (χ3n) is 4.34.